The van der Waals surface area contributed by atoms with E-state index in [0.29, 0.717) is 85.1 Å². The summed E-state index contributed by atoms with van der Waals surface area (Å²) in [5, 5.41) is 8.69. The molecule has 11 heterocycles. The molecule has 7 saturated heterocycles. The number of aromatic nitrogens is 3. The van der Waals surface area contributed by atoms with Crippen LogP contribution in [0.25, 0.3) is 33.4 Å². The van der Waals surface area contributed by atoms with E-state index in [2.05, 4.69) is 85.3 Å². The first-order valence-electron chi connectivity index (χ1n) is 29.1. The van der Waals surface area contributed by atoms with Crippen LogP contribution in [0, 0.1) is 34.5 Å². The number of hydrogen-bond donors (Lipinski definition) is 2. The number of methoxy groups -OCH3 is 1. The number of benzene rings is 1. The molecule has 10 aliphatic rings. The second-order valence-corrected chi connectivity index (χ2v) is 25.9. The standard InChI is InChI=1S/C60H77N9O9S/c1-36-29-77-54(36)55(70)63-51-53(67-31-60(32-67)34-75-35-60)56-62-47(30-79-56)39-8-11-48-44(26-39)46(27-59(3,4)33-78-58(72)50-40-24-42(25-40)69(64-50)57(51)71)52(68(48)19-22-76-43-12-20-74-21-13-43)45-23-38(28-61-49(45)37(2)73-5)7-6-14-65-15-17-66(18-16-65)41-9-10-41/h8,11,23,26,28,30,36-37,40-43,50-51,53-54,64H,9-10,12-22,24-25,27,29,31-35H2,1-5H3,(H,63,70)/t36-,37-,40?,42?,50-,51-,53?,54-/m0/s1. The highest BCUT2D eigenvalue weighted by Crippen LogP contribution is 2.47. The van der Waals surface area contributed by atoms with Gasteiger partial charge in [0, 0.05) is 134 Å². The highest BCUT2D eigenvalue weighted by Gasteiger charge is 2.57. The van der Waals surface area contributed by atoms with Crippen molar-refractivity contribution in [3.8, 4) is 34.4 Å². The van der Waals surface area contributed by atoms with Gasteiger partial charge in [0.15, 0.2) is 0 Å². The normalized spacial score (nSPS) is 29.5. The SMILES string of the molecule is CO[C@@H](C)c1ncc(C#CCN2CCN(C3CC3)CC2)cc1-c1c2c3cc(ccc3n1CCOC1CCOCC1)-c1csc(n1)C(N1CC3(COC3)C1)[C@H](NC(=O)[C@H]1OC[C@@H]1C)C(=O)N1N[C@H](C(=O)OCC(C)(C)C2)C2CC1C2. The van der Waals surface area contributed by atoms with Gasteiger partial charge >= 0.3 is 5.97 Å². The van der Waals surface area contributed by atoms with Crippen molar-refractivity contribution in [1.29, 1.82) is 0 Å². The van der Waals surface area contributed by atoms with Gasteiger partial charge in [0.1, 0.15) is 23.2 Å². The van der Waals surface area contributed by atoms with Crippen molar-refractivity contribution >= 4 is 40.0 Å². The number of likely N-dealkylation sites (tertiary alicyclic amines) is 1. The lowest BCUT2D eigenvalue weighted by atomic mass is 9.72. The number of carbonyl (C=O) groups excluding carboxylic acids is 3. The van der Waals surface area contributed by atoms with Gasteiger partial charge in [0.05, 0.1) is 74.9 Å². The fourth-order valence-corrected chi connectivity index (χ4v) is 14.5. The van der Waals surface area contributed by atoms with Gasteiger partial charge in [-0.05, 0) is 81.5 Å². The summed E-state index contributed by atoms with van der Waals surface area (Å²) in [6.45, 7) is 19.0. The van der Waals surface area contributed by atoms with Gasteiger partial charge in [-0.3, -0.25) is 39.1 Å². The Kier molecular flexibility index (Phi) is 14.8. The smallest absolute Gasteiger partial charge is 0.325 e. The summed E-state index contributed by atoms with van der Waals surface area (Å²) < 4.78 is 38.8. The molecule has 8 aliphatic heterocycles. The van der Waals surface area contributed by atoms with Crippen molar-refractivity contribution in [2.45, 2.75) is 128 Å². The van der Waals surface area contributed by atoms with E-state index in [-0.39, 0.29) is 53.9 Å². The number of piperazine rings is 1. The third-order valence-corrected chi connectivity index (χ3v) is 19.4. The number of hydrogen-bond acceptors (Lipinski definition) is 16. The Morgan fingerprint density at radius 3 is 2.51 bits per heavy atom. The summed E-state index contributed by atoms with van der Waals surface area (Å²) in [5.41, 5.74) is 10.2. The Balaban J connectivity index is 0.934. The van der Waals surface area contributed by atoms with E-state index in [9.17, 15) is 9.59 Å². The van der Waals surface area contributed by atoms with Crippen LogP contribution in [0.3, 0.4) is 0 Å². The number of fused-ring (bicyclic) bond motifs is 4. The summed E-state index contributed by atoms with van der Waals surface area (Å²) >= 11 is 1.51. The van der Waals surface area contributed by atoms with Gasteiger partial charge in [-0.15, -0.1) is 11.3 Å². The summed E-state index contributed by atoms with van der Waals surface area (Å²) in [4.78, 5) is 62.2. The van der Waals surface area contributed by atoms with Crippen LogP contribution in [0.1, 0.15) is 100 Å². The molecule has 2 amide bonds. The number of cyclic esters (lactones) is 1. The molecule has 9 fully saturated rings. The molecule has 18 nitrogen and oxygen atoms in total. The van der Waals surface area contributed by atoms with Gasteiger partial charge in [-0.1, -0.05) is 38.7 Å². The summed E-state index contributed by atoms with van der Waals surface area (Å²) in [6, 6.07) is 7.05. The number of hydrazine groups is 1. The molecule has 8 bridgehead atoms. The fourth-order valence-electron chi connectivity index (χ4n) is 13.5. The molecule has 2 N–H and O–H groups in total. The predicted octanol–water partition coefficient (Wildman–Crippen LogP) is 5.37. The lowest BCUT2D eigenvalue weighted by Gasteiger charge is -2.58. The summed E-state index contributed by atoms with van der Waals surface area (Å²) in [7, 11) is 1.72. The molecule has 3 aromatic heterocycles. The van der Waals surface area contributed by atoms with E-state index in [1.165, 1.54) is 24.2 Å². The molecule has 1 unspecified atom stereocenters. The first-order valence-corrected chi connectivity index (χ1v) is 30.0. The molecule has 4 aromatic rings. The van der Waals surface area contributed by atoms with Crippen LogP contribution in [0.15, 0.2) is 35.8 Å². The van der Waals surface area contributed by atoms with Gasteiger partial charge in [-0.2, -0.15) is 0 Å². The summed E-state index contributed by atoms with van der Waals surface area (Å²) in [5.74, 6) is 6.05. The first-order chi connectivity index (χ1) is 38.3. The molecular weight excluding hydrogens is 1020 g/mol. The lowest BCUT2D eigenvalue weighted by Crippen LogP contribution is -2.74. The number of amides is 2. The van der Waals surface area contributed by atoms with E-state index < -0.39 is 35.6 Å². The Labute approximate surface area is 467 Å². The third-order valence-electron chi connectivity index (χ3n) is 18.5. The Morgan fingerprint density at radius 2 is 1.80 bits per heavy atom. The van der Waals surface area contributed by atoms with Crippen LogP contribution in [-0.2, 0) is 55.8 Å². The second kappa shape index (κ2) is 21.8. The zero-order valence-electron chi connectivity index (χ0n) is 46.5. The molecule has 1 aromatic carbocycles. The first kappa shape index (κ1) is 53.5. The van der Waals surface area contributed by atoms with Crippen molar-refractivity contribution in [3.63, 3.8) is 0 Å². The minimum absolute atomic E-state index is 0.00180. The molecule has 6 atom stereocenters. The Bertz CT molecular complexity index is 3010. The van der Waals surface area contributed by atoms with E-state index in [1.54, 1.807) is 12.1 Å². The predicted molar refractivity (Wildman–Crippen MR) is 297 cm³/mol. The van der Waals surface area contributed by atoms with Crippen molar-refractivity contribution < 1.29 is 42.8 Å². The van der Waals surface area contributed by atoms with Crippen molar-refractivity contribution in [2.75, 3.05) is 99.2 Å². The molecule has 422 valence electrons. The lowest BCUT2D eigenvalue weighted by molar-refractivity contribution is -0.204. The van der Waals surface area contributed by atoms with Crippen LogP contribution in [0.5, 0.6) is 0 Å². The number of carbonyl (C=O) groups is 3. The maximum absolute atomic E-state index is 15.4. The molecule has 2 saturated carbocycles. The van der Waals surface area contributed by atoms with Gasteiger partial charge in [0.25, 0.3) is 5.91 Å². The van der Waals surface area contributed by atoms with Crippen LogP contribution in [0.2, 0.25) is 0 Å². The van der Waals surface area contributed by atoms with E-state index in [4.69, 9.17) is 38.4 Å². The number of pyridine rings is 1. The number of esters is 1. The molecule has 1 spiro atoms. The van der Waals surface area contributed by atoms with Crippen LogP contribution < -0.4 is 10.7 Å². The van der Waals surface area contributed by atoms with E-state index in [1.807, 2.05) is 20.0 Å². The summed E-state index contributed by atoms with van der Waals surface area (Å²) in [6.07, 6.45) is 7.18. The Hall–Kier alpha value is -4.85. The average Bonchev–Trinajstić information content (AvgIpc) is 4.26. The Morgan fingerprint density at radius 1 is 1.00 bits per heavy atom. The second-order valence-electron chi connectivity index (χ2n) is 25.1. The van der Waals surface area contributed by atoms with Crippen LogP contribution in [0.4, 0.5) is 0 Å². The van der Waals surface area contributed by atoms with E-state index >= 15 is 4.79 Å². The molecule has 14 rings (SSSR count). The van der Waals surface area contributed by atoms with Gasteiger partial charge < -0.3 is 38.3 Å². The zero-order chi connectivity index (χ0) is 54.2. The number of nitrogens with one attached hydrogen (secondary N) is 2. The monoisotopic (exact) mass is 1100 g/mol. The highest BCUT2D eigenvalue weighted by molar-refractivity contribution is 7.10. The van der Waals surface area contributed by atoms with Crippen LogP contribution >= 0.6 is 11.3 Å². The minimum Gasteiger partial charge on any atom is -0.464 e. The van der Waals surface area contributed by atoms with Gasteiger partial charge in [-0.25, -0.2) is 10.4 Å². The van der Waals surface area contributed by atoms with Crippen molar-refractivity contribution in [3.05, 3.63) is 57.7 Å². The molecule has 19 heteroatoms. The largest absolute Gasteiger partial charge is 0.464 e. The third kappa shape index (κ3) is 10.6. The molecule has 79 heavy (non-hydrogen) atoms. The van der Waals surface area contributed by atoms with Gasteiger partial charge in [0.2, 0.25) is 5.91 Å². The zero-order valence-corrected chi connectivity index (χ0v) is 47.3. The maximum atomic E-state index is 15.4. The number of rotatable bonds is 12. The van der Waals surface area contributed by atoms with Crippen molar-refractivity contribution in [1.82, 2.24) is 45.0 Å². The fraction of sp³-hybridized carbons (Fsp3) is 0.650. The minimum atomic E-state index is -1.03. The van der Waals surface area contributed by atoms with Crippen LogP contribution in [-0.4, -0.2) is 188 Å². The number of ether oxygens (including phenoxy) is 6. The maximum Gasteiger partial charge on any atom is 0.325 e. The quantitative estimate of drug-likeness (QED) is 0.137. The number of thiazole rings is 1. The highest BCUT2D eigenvalue weighted by atomic mass is 32.1. The average molecular weight is 1100 g/mol. The number of nitrogens with zero attached hydrogens (tertiary/aromatic N) is 7. The molecular formula is C60H77N9O9S. The topological polar surface area (TPSA) is 174 Å². The molecule has 0 radical (unpaired) electrons. The molecule has 2 aliphatic carbocycles. The van der Waals surface area contributed by atoms with Crippen molar-refractivity contribution in [2.24, 2.45) is 22.7 Å². The van der Waals surface area contributed by atoms with E-state index in [0.717, 1.165) is 100 Å².